The monoisotopic (exact) mass is 373 g/mol. The van der Waals surface area contributed by atoms with Gasteiger partial charge < -0.3 is 0 Å². The Hall–Kier alpha value is -0.341. The summed E-state index contributed by atoms with van der Waals surface area (Å²) < 4.78 is 3.28. The molecule has 1 aromatic rings. The zero-order valence-corrected chi connectivity index (χ0v) is 16.4. The van der Waals surface area contributed by atoms with E-state index in [9.17, 15) is 0 Å². The van der Waals surface area contributed by atoms with E-state index in [4.69, 9.17) is 0 Å². The predicted molar refractivity (Wildman–Crippen MR) is 97.0 cm³/mol. The molecule has 0 saturated carbocycles. The molecule has 0 atom stereocenters. The summed E-state index contributed by atoms with van der Waals surface area (Å²) >= 11 is 0.534. The molecule has 0 amide bonds. The zero-order valence-electron chi connectivity index (χ0n) is 14.7. The number of hydrogen-bond donors (Lipinski definition) is 0. The third kappa shape index (κ3) is 10.4. The van der Waals surface area contributed by atoms with Crippen molar-refractivity contribution in [2.24, 2.45) is 0 Å². The van der Waals surface area contributed by atoms with E-state index >= 15 is 0 Å². The number of unbranched alkanes of at least 4 members (excludes halogenated alkanes) is 10. The van der Waals surface area contributed by atoms with E-state index in [0.717, 1.165) is 6.54 Å². The molecule has 0 aliphatic carbocycles. The van der Waals surface area contributed by atoms with Gasteiger partial charge in [-0.3, -0.25) is 0 Å². The molecule has 4 heteroatoms. The first-order valence-corrected chi connectivity index (χ1v) is 11.5. The Morgan fingerprint density at radius 3 is 2.05 bits per heavy atom. The van der Waals surface area contributed by atoms with Crippen LogP contribution in [0.25, 0.3) is 0 Å². The van der Waals surface area contributed by atoms with Gasteiger partial charge in [-0.1, -0.05) is 19.8 Å². The first kappa shape index (κ1) is 19.7. The minimum absolute atomic E-state index is 0.534. The summed E-state index contributed by atoms with van der Waals surface area (Å²) in [7, 11) is 0. The molecule has 22 heavy (non-hydrogen) atoms. The Morgan fingerprint density at radius 1 is 0.818 bits per heavy atom. The summed E-state index contributed by atoms with van der Waals surface area (Å²) in [6, 6.07) is 0. The Kier molecular flexibility index (Phi) is 12.8. The van der Waals surface area contributed by atoms with Crippen molar-refractivity contribution in [3.63, 3.8) is 0 Å². The van der Waals surface area contributed by atoms with Crippen LogP contribution in [0.2, 0.25) is 5.32 Å². The molecule has 1 rings (SSSR count). The van der Waals surface area contributed by atoms with Crippen molar-refractivity contribution in [1.82, 2.24) is 15.0 Å². The van der Waals surface area contributed by atoms with Crippen LogP contribution in [-0.4, -0.2) is 30.0 Å². The quantitative estimate of drug-likeness (QED) is 0.329. The van der Waals surface area contributed by atoms with Crippen LogP contribution in [0, 0.1) is 0 Å². The standard InChI is InChI=1S/C18H35N3Se/c1-3-5-7-8-9-10-11-12-13-14-15-21-17-18(19-20-21)22-16-6-4-2/h17H,3-16H2,1-2H3. The van der Waals surface area contributed by atoms with Crippen LogP contribution in [-0.2, 0) is 6.54 Å². The molecule has 0 spiro atoms. The SMILES string of the molecule is CCCCCCCCCCCCn1cc([Se]CCCC)nn1. The van der Waals surface area contributed by atoms with E-state index in [2.05, 4.69) is 30.4 Å². The second-order valence-electron chi connectivity index (χ2n) is 6.20. The Bertz CT molecular complexity index is 352. The maximum atomic E-state index is 4.29. The third-order valence-electron chi connectivity index (χ3n) is 4.01. The maximum absolute atomic E-state index is 4.29. The van der Waals surface area contributed by atoms with Gasteiger partial charge in [0.15, 0.2) is 0 Å². The first-order valence-electron chi connectivity index (χ1n) is 9.39. The molecule has 0 aromatic carbocycles. The second kappa shape index (κ2) is 14.3. The van der Waals surface area contributed by atoms with E-state index in [0.29, 0.717) is 15.0 Å². The van der Waals surface area contributed by atoms with Gasteiger partial charge in [0.25, 0.3) is 0 Å². The molecule has 1 aromatic heterocycles. The normalized spacial score (nSPS) is 11.2. The van der Waals surface area contributed by atoms with Gasteiger partial charge in [0, 0.05) is 0 Å². The summed E-state index contributed by atoms with van der Waals surface area (Å²) in [6.45, 7) is 5.58. The Balaban J connectivity index is 1.92. The Morgan fingerprint density at radius 2 is 1.41 bits per heavy atom. The molecule has 0 N–H and O–H groups in total. The third-order valence-corrected chi connectivity index (χ3v) is 6.05. The molecule has 0 saturated heterocycles. The van der Waals surface area contributed by atoms with E-state index in [1.165, 1.54) is 87.0 Å². The fraction of sp³-hybridized carbons (Fsp3) is 0.889. The summed E-state index contributed by atoms with van der Waals surface area (Å²) in [5.41, 5.74) is 0. The molecule has 0 aliphatic heterocycles. The molecule has 128 valence electrons. The van der Waals surface area contributed by atoms with Crippen molar-refractivity contribution in [2.45, 2.75) is 103 Å². The van der Waals surface area contributed by atoms with E-state index in [-0.39, 0.29) is 0 Å². The zero-order chi connectivity index (χ0) is 15.9. The molecule has 1 heterocycles. The van der Waals surface area contributed by atoms with Crippen LogP contribution in [0.3, 0.4) is 0 Å². The van der Waals surface area contributed by atoms with Gasteiger partial charge >= 0.3 is 124 Å². The van der Waals surface area contributed by atoms with Gasteiger partial charge in [-0.15, -0.1) is 0 Å². The van der Waals surface area contributed by atoms with Crippen LogP contribution in [0.5, 0.6) is 0 Å². The van der Waals surface area contributed by atoms with E-state index in [1.807, 2.05) is 4.68 Å². The van der Waals surface area contributed by atoms with Gasteiger partial charge in [0.2, 0.25) is 0 Å². The minimum atomic E-state index is 0.534. The van der Waals surface area contributed by atoms with Gasteiger partial charge in [-0.2, -0.15) is 0 Å². The van der Waals surface area contributed by atoms with E-state index < -0.39 is 0 Å². The predicted octanol–water partition coefficient (Wildman–Crippen LogP) is 4.75. The second-order valence-corrected chi connectivity index (χ2v) is 8.54. The molecule has 0 aliphatic rings. The van der Waals surface area contributed by atoms with Crippen molar-refractivity contribution in [2.75, 3.05) is 0 Å². The van der Waals surface area contributed by atoms with Crippen LogP contribution in [0.15, 0.2) is 6.20 Å². The summed E-state index contributed by atoms with van der Waals surface area (Å²) in [5.74, 6) is 0. The van der Waals surface area contributed by atoms with Gasteiger partial charge in [-0.25, -0.2) is 0 Å². The van der Waals surface area contributed by atoms with Crippen LogP contribution < -0.4 is 4.59 Å². The van der Waals surface area contributed by atoms with Crippen molar-refractivity contribution in [3.8, 4) is 0 Å². The van der Waals surface area contributed by atoms with Crippen molar-refractivity contribution < 1.29 is 0 Å². The topological polar surface area (TPSA) is 30.7 Å². The van der Waals surface area contributed by atoms with Gasteiger partial charge in [-0.05, 0) is 0 Å². The molecule has 0 bridgehead atoms. The number of hydrogen-bond acceptors (Lipinski definition) is 2. The first-order chi connectivity index (χ1) is 10.9. The average Bonchev–Trinajstić information content (AvgIpc) is 2.97. The van der Waals surface area contributed by atoms with Gasteiger partial charge in [0.1, 0.15) is 0 Å². The molecule has 0 fully saturated rings. The fourth-order valence-corrected chi connectivity index (χ4v) is 4.50. The van der Waals surface area contributed by atoms with Crippen molar-refractivity contribution >= 4 is 19.5 Å². The summed E-state index contributed by atoms with van der Waals surface area (Å²) in [6.07, 6.45) is 18.7. The van der Waals surface area contributed by atoms with E-state index in [1.54, 1.807) is 0 Å². The van der Waals surface area contributed by atoms with Crippen molar-refractivity contribution in [3.05, 3.63) is 6.20 Å². The van der Waals surface area contributed by atoms with Crippen LogP contribution >= 0.6 is 0 Å². The van der Waals surface area contributed by atoms with Gasteiger partial charge in [0.05, 0.1) is 0 Å². The van der Waals surface area contributed by atoms with Crippen LogP contribution in [0.1, 0.15) is 90.9 Å². The summed E-state index contributed by atoms with van der Waals surface area (Å²) in [5, 5.41) is 9.85. The van der Waals surface area contributed by atoms with Crippen LogP contribution in [0.4, 0.5) is 0 Å². The fourth-order valence-electron chi connectivity index (χ4n) is 2.54. The van der Waals surface area contributed by atoms with Crippen molar-refractivity contribution in [1.29, 1.82) is 0 Å². The number of rotatable bonds is 15. The summed E-state index contributed by atoms with van der Waals surface area (Å²) in [4.78, 5) is 0. The average molecular weight is 372 g/mol. The number of aryl methyl sites for hydroxylation is 1. The molecule has 3 nitrogen and oxygen atoms in total. The Labute approximate surface area is 143 Å². The number of aromatic nitrogens is 3. The molecule has 0 radical (unpaired) electrons. The molecular formula is C18H35N3Se. The molecule has 0 unspecified atom stereocenters. The number of nitrogens with zero attached hydrogens (tertiary/aromatic N) is 3. The molecular weight excluding hydrogens is 337 g/mol.